The Hall–Kier alpha value is -2.54. The first-order valence-corrected chi connectivity index (χ1v) is 6.62. The molecule has 0 N–H and O–H groups in total. The van der Waals surface area contributed by atoms with E-state index in [1.54, 1.807) is 0 Å². The van der Waals surface area contributed by atoms with E-state index in [2.05, 4.69) is 25.0 Å². The van der Waals surface area contributed by atoms with E-state index < -0.39 is 0 Å². The van der Waals surface area contributed by atoms with Crippen LogP contribution in [0.15, 0.2) is 43.0 Å². The summed E-state index contributed by atoms with van der Waals surface area (Å²) in [5.74, 6) is 0.812. The number of hydrogen-bond acceptors (Lipinski definition) is 6. The average Bonchev–Trinajstić information content (AvgIpc) is 3.02. The normalized spacial score (nSPS) is 10.6. The SMILES string of the molecule is CN(Cc1ccccc1)c1nc(Cl)nc(-n2cncn2)n1. The molecule has 0 aliphatic heterocycles. The van der Waals surface area contributed by atoms with Crippen LogP contribution in [0.25, 0.3) is 5.95 Å². The minimum absolute atomic E-state index is 0.116. The van der Waals surface area contributed by atoms with Crippen molar-refractivity contribution in [2.24, 2.45) is 0 Å². The van der Waals surface area contributed by atoms with Crippen LogP contribution in [0.2, 0.25) is 5.28 Å². The van der Waals surface area contributed by atoms with E-state index in [1.807, 2.05) is 42.3 Å². The van der Waals surface area contributed by atoms with E-state index >= 15 is 0 Å². The average molecular weight is 302 g/mol. The third-order valence-corrected chi connectivity index (χ3v) is 2.98. The number of rotatable bonds is 4. The van der Waals surface area contributed by atoms with Crippen molar-refractivity contribution in [1.82, 2.24) is 29.7 Å². The fourth-order valence-electron chi connectivity index (χ4n) is 1.84. The number of nitrogens with zero attached hydrogens (tertiary/aromatic N) is 7. The summed E-state index contributed by atoms with van der Waals surface area (Å²) in [6, 6.07) is 10.0. The summed E-state index contributed by atoms with van der Waals surface area (Å²) in [5.41, 5.74) is 1.15. The number of halogens is 1. The second kappa shape index (κ2) is 5.84. The van der Waals surface area contributed by atoms with E-state index in [-0.39, 0.29) is 5.28 Å². The van der Waals surface area contributed by atoms with Gasteiger partial charge in [-0.2, -0.15) is 24.7 Å². The number of anilines is 1. The molecular formula is C13H12ClN7. The molecule has 2 heterocycles. The largest absolute Gasteiger partial charge is 0.339 e. The van der Waals surface area contributed by atoms with Crippen molar-refractivity contribution in [2.45, 2.75) is 6.54 Å². The maximum absolute atomic E-state index is 5.96. The second-order valence-electron chi connectivity index (χ2n) is 4.39. The van der Waals surface area contributed by atoms with Gasteiger partial charge in [-0.05, 0) is 17.2 Å². The van der Waals surface area contributed by atoms with Gasteiger partial charge in [0.15, 0.2) is 0 Å². The molecule has 106 valence electrons. The summed E-state index contributed by atoms with van der Waals surface area (Å²) in [6.45, 7) is 0.665. The Labute approximate surface area is 126 Å². The lowest BCUT2D eigenvalue weighted by Crippen LogP contribution is -2.20. The Morgan fingerprint density at radius 1 is 1.14 bits per heavy atom. The van der Waals surface area contributed by atoms with Crippen molar-refractivity contribution in [3.8, 4) is 5.95 Å². The molecule has 8 heteroatoms. The fourth-order valence-corrected chi connectivity index (χ4v) is 1.99. The van der Waals surface area contributed by atoms with E-state index in [0.717, 1.165) is 5.56 Å². The minimum atomic E-state index is 0.116. The topological polar surface area (TPSA) is 72.6 Å². The molecule has 0 atom stereocenters. The maximum Gasteiger partial charge on any atom is 0.258 e. The van der Waals surface area contributed by atoms with Gasteiger partial charge >= 0.3 is 0 Å². The van der Waals surface area contributed by atoms with Crippen LogP contribution in [0.4, 0.5) is 5.95 Å². The van der Waals surface area contributed by atoms with Gasteiger partial charge < -0.3 is 4.90 Å². The van der Waals surface area contributed by atoms with E-state index in [1.165, 1.54) is 17.3 Å². The van der Waals surface area contributed by atoms with Gasteiger partial charge in [-0.15, -0.1) is 0 Å². The Kier molecular flexibility index (Phi) is 3.74. The molecule has 2 aromatic heterocycles. The van der Waals surface area contributed by atoms with Gasteiger partial charge in [-0.3, -0.25) is 0 Å². The molecule has 0 amide bonds. The summed E-state index contributed by atoms with van der Waals surface area (Å²) < 4.78 is 1.44. The highest BCUT2D eigenvalue weighted by Gasteiger charge is 2.11. The first-order valence-electron chi connectivity index (χ1n) is 6.24. The van der Waals surface area contributed by atoms with Crippen molar-refractivity contribution >= 4 is 17.5 Å². The molecule has 21 heavy (non-hydrogen) atoms. The van der Waals surface area contributed by atoms with Crippen LogP contribution in [-0.4, -0.2) is 36.8 Å². The molecule has 0 aliphatic carbocycles. The van der Waals surface area contributed by atoms with Crippen LogP contribution >= 0.6 is 11.6 Å². The standard InChI is InChI=1S/C13H12ClN7/c1-20(7-10-5-3-2-4-6-10)12-17-11(14)18-13(19-12)21-9-15-8-16-21/h2-6,8-9H,7H2,1H3. The molecule has 1 aromatic carbocycles. The molecule has 0 saturated heterocycles. The Morgan fingerprint density at radius 3 is 2.67 bits per heavy atom. The Bertz CT molecular complexity index is 715. The van der Waals surface area contributed by atoms with Gasteiger partial charge in [-0.25, -0.2) is 4.98 Å². The lowest BCUT2D eigenvalue weighted by atomic mass is 10.2. The Morgan fingerprint density at radius 2 is 1.95 bits per heavy atom. The minimum Gasteiger partial charge on any atom is -0.339 e. The predicted molar refractivity (Wildman–Crippen MR) is 78.3 cm³/mol. The molecule has 0 bridgehead atoms. The zero-order valence-corrected chi connectivity index (χ0v) is 12.0. The van der Waals surface area contributed by atoms with Gasteiger partial charge in [0.2, 0.25) is 11.2 Å². The lowest BCUT2D eigenvalue weighted by Gasteiger charge is -2.17. The molecule has 0 spiro atoms. The monoisotopic (exact) mass is 301 g/mol. The van der Waals surface area contributed by atoms with Crippen LogP contribution in [-0.2, 0) is 6.54 Å². The van der Waals surface area contributed by atoms with E-state index in [0.29, 0.717) is 18.4 Å². The molecule has 0 fully saturated rings. The fraction of sp³-hybridized carbons (Fsp3) is 0.154. The van der Waals surface area contributed by atoms with Gasteiger partial charge in [0.05, 0.1) is 0 Å². The zero-order valence-electron chi connectivity index (χ0n) is 11.3. The van der Waals surface area contributed by atoms with Gasteiger partial charge in [0.25, 0.3) is 5.95 Å². The highest BCUT2D eigenvalue weighted by Crippen LogP contribution is 2.14. The molecule has 0 saturated carbocycles. The summed E-state index contributed by atoms with van der Waals surface area (Å²) >= 11 is 5.96. The Balaban J connectivity index is 1.88. The lowest BCUT2D eigenvalue weighted by molar-refractivity contribution is 0.772. The second-order valence-corrected chi connectivity index (χ2v) is 4.72. The van der Waals surface area contributed by atoms with Crippen molar-refractivity contribution in [3.63, 3.8) is 0 Å². The highest BCUT2D eigenvalue weighted by atomic mass is 35.5. The first kappa shape index (κ1) is 13.4. The van der Waals surface area contributed by atoms with Crippen LogP contribution in [0.3, 0.4) is 0 Å². The van der Waals surface area contributed by atoms with Crippen molar-refractivity contribution in [3.05, 3.63) is 53.8 Å². The smallest absolute Gasteiger partial charge is 0.258 e. The molecule has 7 nitrogen and oxygen atoms in total. The molecule has 0 aliphatic rings. The third-order valence-electron chi connectivity index (χ3n) is 2.81. The summed E-state index contributed by atoms with van der Waals surface area (Å²) in [5, 5.41) is 4.10. The quantitative estimate of drug-likeness (QED) is 0.731. The van der Waals surface area contributed by atoms with Crippen LogP contribution in [0.5, 0.6) is 0 Å². The predicted octanol–water partition coefficient (Wildman–Crippen LogP) is 1.74. The molecule has 0 unspecified atom stereocenters. The summed E-state index contributed by atoms with van der Waals surface area (Å²) in [4.78, 5) is 18.3. The maximum atomic E-state index is 5.96. The van der Waals surface area contributed by atoms with Crippen LogP contribution < -0.4 is 4.90 Å². The highest BCUT2D eigenvalue weighted by molar-refractivity contribution is 6.28. The molecule has 3 aromatic rings. The number of benzene rings is 1. The number of aromatic nitrogens is 6. The zero-order chi connectivity index (χ0) is 14.7. The van der Waals surface area contributed by atoms with Crippen LogP contribution in [0, 0.1) is 0 Å². The first-order chi connectivity index (χ1) is 10.2. The summed E-state index contributed by atoms with van der Waals surface area (Å²) in [6.07, 6.45) is 2.91. The van der Waals surface area contributed by atoms with E-state index in [9.17, 15) is 0 Å². The van der Waals surface area contributed by atoms with Gasteiger partial charge in [0.1, 0.15) is 12.7 Å². The van der Waals surface area contributed by atoms with Crippen molar-refractivity contribution in [2.75, 3.05) is 11.9 Å². The summed E-state index contributed by atoms with van der Waals surface area (Å²) in [7, 11) is 1.89. The molecule has 0 radical (unpaired) electrons. The molecule has 3 rings (SSSR count). The van der Waals surface area contributed by atoms with Crippen LogP contribution in [0.1, 0.15) is 5.56 Å². The van der Waals surface area contributed by atoms with E-state index in [4.69, 9.17) is 11.6 Å². The van der Waals surface area contributed by atoms with Crippen molar-refractivity contribution in [1.29, 1.82) is 0 Å². The molecular weight excluding hydrogens is 290 g/mol. The van der Waals surface area contributed by atoms with Gasteiger partial charge in [0, 0.05) is 13.6 Å². The third kappa shape index (κ3) is 3.14. The number of hydrogen-bond donors (Lipinski definition) is 0. The van der Waals surface area contributed by atoms with Crippen molar-refractivity contribution < 1.29 is 0 Å². The van der Waals surface area contributed by atoms with Gasteiger partial charge in [-0.1, -0.05) is 30.3 Å².